The van der Waals surface area contributed by atoms with Crippen molar-refractivity contribution in [1.82, 2.24) is 25.2 Å². The van der Waals surface area contributed by atoms with E-state index in [-0.39, 0.29) is 12.2 Å². The van der Waals surface area contributed by atoms with Crippen molar-refractivity contribution in [2.75, 3.05) is 25.0 Å². The van der Waals surface area contributed by atoms with E-state index in [0.29, 0.717) is 5.82 Å². The van der Waals surface area contributed by atoms with E-state index in [0.717, 1.165) is 49.1 Å². The Morgan fingerprint density at radius 2 is 2.04 bits per heavy atom. The molecule has 1 fully saturated rings. The average Bonchev–Trinajstić information content (AvgIpc) is 2.74. The fourth-order valence-electron chi connectivity index (χ4n) is 3.81. The molecule has 0 saturated carbocycles. The molecule has 3 heterocycles. The molecule has 1 aliphatic heterocycles. The Bertz CT molecular complexity index is 911. The van der Waals surface area contributed by atoms with Crippen molar-refractivity contribution in [3.8, 4) is 0 Å². The van der Waals surface area contributed by atoms with Crippen LogP contribution in [0, 0.1) is 5.82 Å². The van der Waals surface area contributed by atoms with E-state index in [4.69, 9.17) is 0 Å². The van der Waals surface area contributed by atoms with Crippen LogP contribution >= 0.6 is 0 Å². The number of benzene rings is 1. The van der Waals surface area contributed by atoms with Crippen LogP contribution in [-0.2, 0) is 0 Å². The predicted molar refractivity (Wildman–Crippen MR) is 108 cm³/mol. The Kier molecular flexibility index (Phi) is 5.73. The van der Waals surface area contributed by atoms with Crippen LogP contribution in [0.4, 0.5) is 10.2 Å². The topological polar surface area (TPSA) is 66.0 Å². The van der Waals surface area contributed by atoms with Crippen molar-refractivity contribution >= 4 is 16.6 Å². The van der Waals surface area contributed by atoms with Crippen LogP contribution in [0.1, 0.15) is 31.6 Å². The third-order valence-electron chi connectivity index (χ3n) is 5.16. The third-order valence-corrected chi connectivity index (χ3v) is 5.16. The zero-order valence-electron chi connectivity index (χ0n) is 16.0. The Balaban J connectivity index is 1.64. The standard InChI is InChI=1S/C21H25FN6/c1-2-5-19(27-20-17-7-4-3-6-15(17)8-9-24-20)28-11-10-23-14-18(28)21-25-12-16(22)13-26-21/h3-4,6-9,12-13,18-19,23H,2,5,10-11,14H2,1H3,(H,24,27). The summed E-state index contributed by atoms with van der Waals surface area (Å²) in [5.41, 5.74) is 0. The molecular weight excluding hydrogens is 355 g/mol. The molecule has 146 valence electrons. The van der Waals surface area contributed by atoms with Gasteiger partial charge in [0.25, 0.3) is 0 Å². The lowest BCUT2D eigenvalue weighted by Crippen LogP contribution is -2.53. The molecule has 0 radical (unpaired) electrons. The van der Waals surface area contributed by atoms with Crippen LogP contribution in [0.25, 0.3) is 10.8 Å². The number of hydrogen-bond acceptors (Lipinski definition) is 6. The Morgan fingerprint density at radius 1 is 1.21 bits per heavy atom. The average molecular weight is 380 g/mol. The van der Waals surface area contributed by atoms with E-state index in [1.807, 2.05) is 24.4 Å². The lowest BCUT2D eigenvalue weighted by Gasteiger charge is -2.41. The first-order chi connectivity index (χ1) is 13.8. The summed E-state index contributed by atoms with van der Waals surface area (Å²) in [6.45, 7) is 4.66. The monoisotopic (exact) mass is 380 g/mol. The van der Waals surface area contributed by atoms with Gasteiger partial charge in [0, 0.05) is 31.2 Å². The quantitative estimate of drug-likeness (QED) is 0.684. The molecule has 6 nitrogen and oxygen atoms in total. The van der Waals surface area contributed by atoms with Gasteiger partial charge in [0.05, 0.1) is 24.6 Å². The van der Waals surface area contributed by atoms with Gasteiger partial charge in [-0.2, -0.15) is 0 Å². The highest BCUT2D eigenvalue weighted by Gasteiger charge is 2.31. The smallest absolute Gasteiger partial charge is 0.159 e. The van der Waals surface area contributed by atoms with Crippen molar-refractivity contribution < 1.29 is 4.39 Å². The molecule has 0 bridgehead atoms. The van der Waals surface area contributed by atoms with Crippen LogP contribution < -0.4 is 10.6 Å². The van der Waals surface area contributed by atoms with Gasteiger partial charge in [0.2, 0.25) is 0 Å². The molecule has 0 amide bonds. The molecule has 4 rings (SSSR count). The third kappa shape index (κ3) is 3.95. The number of aromatic nitrogens is 3. The molecular formula is C21H25FN6. The van der Waals surface area contributed by atoms with Crippen LogP contribution in [0.2, 0.25) is 0 Å². The number of rotatable bonds is 6. The van der Waals surface area contributed by atoms with E-state index in [1.165, 1.54) is 12.4 Å². The maximum atomic E-state index is 13.3. The van der Waals surface area contributed by atoms with Gasteiger partial charge in [-0.1, -0.05) is 37.6 Å². The minimum Gasteiger partial charge on any atom is -0.354 e. The lowest BCUT2D eigenvalue weighted by molar-refractivity contribution is 0.108. The van der Waals surface area contributed by atoms with Gasteiger partial charge in [0.1, 0.15) is 11.6 Å². The SMILES string of the molecule is CCCC(Nc1nccc2ccccc12)N1CCNCC1c1ncc(F)cn1. The summed E-state index contributed by atoms with van der Waals surface area (Å²) in [4.78, 5) is 15.5. The van der Waals surface area contributed by atoms with Crippen molar-refractivity contribution in [3.05, 3.63) is 60.6 Å². The molecule has 1 aliphatic rings. The van der Waals surface area contributed by atoms with Gasteiger partial charge < -0.3 is 10.6 Å². The largest absolute Gasteiger partial charge is 0.354 e. The van der Waals surface area contributed by atoms with Crippen molar-refractivity contribution in [2.24, 2.45) is 0 Å². The fraction of sp³-hybridized carbons (Fsp3) is 0.381. The first-order valence-corrected chi connectivity index (χ1v) is 9.80. The summed E-state index contributed by atoms with van der Waals surface area (Å²) in [5, 5.41) is 9.34. The first kappa shape index (κ1) is 18.7. The highest BCUT2D eigenvalue weighted by Crippen LogP contribution is 2.27. The fourth-order valence-corrected chi connectivity index (χ4v) is 3.81. The molecule has 0 aliphatic carbocycles. The number of piperazine rings is 1. The van der Waals surface area contributed by atoms with Crippen LogP contribution in [0.15, 0.2) is 48.9 Å². The van der Waals surface area contributed by atoms with E-state index in [2.05, 4.69) is 49.5 Å². The van der Waals surface area contributed by atoms with Gasteiger partial charge in [-0.05, 0) is 17.9 Å². The zero-order chi connectivity index (χ0) is 19.3. The summed E-state index contributed by atoms with van der Waals surface area (Å²) in [6, 6.07) is 10.3. The van der Waals surface area contributed by atoms with Crippen LogP contribution in [0.5, 0.6) is 0 Å². The predicted octanol–water partition coefficient (Wildman–Crippen LogP) is 3.35. The molecule has 1 saturated heterocycles. The van der Waals surface area contributed by atoms with Gasteiger partial charge in [-0.3, -0.25) is 4.90 Å². The lowest BCUT2D eigenvalue weighted by atomic mass is 10.1. The van der Waals surface area contributed by atoms with E-state index < -0.39 is 5.82 Å². The number of anilines is 1. The molecule has 7 heteroatoms. The summed E-state index contributed by atoms with van der Waals surface area (Å²) >= 11 is 0. The number of halogens is 1. The highest BCUT2D eigenvalue weighted by molar-refractivity contribution is 5.91. The zero-order valence-corrected chi connectivity index (χ0v) is 16.0. The second-order valence-electron chi connectivity index (χ2n) is 7.05. The highest BCUT2D eigenvalue weighted by atomic mass is 19.1. The molecule has 2 unspecified atom stereocenters. The van der Waals surface area contributed by atoms with Crippen molar-refractivity contribution in [3.63, 3.8) is 0 Å². The molecule has 0 spiro atoms. The summed E-state index contributed by atoms with van der Waals surface area (Å²) in [6.07, 6.45) is 6.40. The number of hydrogen-bond donors (Lipinski definition) is 2. The van der Waals surface area contributed by atoms with Gasteiger partial charge in [0.15, 0.2) is 5.82 Å². The number of nitrogens with one attached hydrogen (secondary N) is 2. The normalized spacial score (nSPS) is 18.9. The molecule has 3 aromatic rings. The molecule has 28 heavy (non-hydrogen) atoms. The second kappa shape index (κ2) is 8.58. The Labute approximate surface area is 164 Å². The van der Waals surface area contributed by atoms with Gasteiger partial charge in [-0.25, -0.2) is 19.3 Å². The number of pyridine rings is 1. The van der Waals surface area contributed by atoms with Crippen molar-refractivity contribution in [2.45, 2.75) is 32.0 Å². The van der Waals surface area contributed by atoms with Gasteiger partial charge in [-0.15, -0.1) is 0 Å². The van der Waals surface area contributed by atoms with Gasteiger partial charge >= 0.3 is 0 Å². The molecule has 2 aromatic heterocycles. The number of nitrogens with zero attached hydrogens (tertiary/aromatic N) is 4. The van der Waals surface area contributed by atoms with Crippen LogP contribution in [-0.4, -0.2) is 45.7 Å². The van der Waals surface area contributed by atoms with E-state index in [9.17, 15) is 4.39 Å². The maximum Gasteiger partial charge on any atom is 0.159 e. The van der Waals surface area contributed by atoms with Crippen molar-refractivity contribution in [1.29, 1.82) is 0 Å². The molecule has 2 N–H and O–H groups in total. The summed E-state index contributed by atoms with van der Waals surface area (Å²) in [5.74, 6) is 1.11. The summed E-state index contributed by atoms with van der Waals surface area (Å²) < 4.78 is 13.3. The second-order valence-corrected chi connectivity index (χ2v) is 7.05. The maximum absolute atomic E-state index is 13.3. The molecule has 2 atom stereocenters. The van der Waals surface area contributed by atoms with E-state index in [1.54, 1.807) is 0 Å². The molecule has 1 aromatic carbocycles. The van der Waals surface area contributed by atoms with E-state index >= 15 is 0 Å². The summed E-state index contributed by atoms with van der Waals surface area (Å²) in [7, 11) is 0. The first-order valence-electron chi connectivity index (χ1n) is 9.80. The minimum atomic E-state index is -0.415. The minimum absolute atomic E-state index is 0.0200. The van der Waals surface area contributed by atoms with Crippen LogP contribution in [0.3, 0.4) is 0 Å². The number of fused-ring (bicyclic) bond motifs is 1. The Morgan fingerprint density at radius 3 is 2.86 bits per heavy atom. The Hall–Kier alpha value is -2.64.